The Morgan fingerprint density at radius 3 is 2.05 bits per heavy atom. The number of hydrogen-bond acceptors (Lipinski definition) is 3. The standard InChI is InChI=1S/C18H31NO2/c1-7-10-19-17(18(2,3)4)9-8-14-11-15(20-5)13-16(12-14)21-6/h11-13,17,19H,7-10H2,1-6H3. The van der Waals surface area contributed by atoms with Crippen molar-refractivity contribution in [3.05, 3.63) is 23.8 Å². The SMILES string of the molecule is CCCNC(CCc1cc(OC)cc(OC)c1)C(C)(C)C. The van der Waals surface area contributed by atoms with Gasteiger partial charge < -0.3 is 14.8 Å². The molecule has 1 aromatic rings. The predicted octanol–water partition coefficient (Wildman–Crippen LogP) is 4.05. The molecular formula is C18H31NO2. The zero-order valence-corrected chi connectivity index (χ0v) is 14.5. The maximum absolute atomic E-state index is 5.34. The molecule has 1 atom stereocenters. The van der Waals surface area contributed by atoms with Crippen LogP contribution in [-0.2, 0) is 6.42 Å². The van der Waals surface area contributed by atoms with Gasteiger partial charge in [-0.05, 0) is 48.9 Å². The monoisotopic (exact) mass is 293 g/mol. The van der Waals surface area contributed by atoms with Gasteiger partial charge in [0.05, 0.1) is 14.2 Å². The van der Waals surface area contributed by atoms with E-state index < -0.39 is 0 Å². The van der Waals surface area contributed by atoms with Crippen LogP contribution in [0, 0.1) is 5.41 Å². The van der Waals surface area contributed by atoms with Crippen LogP contribution in [-0.4, -0.2) is 26.8 Å². The van der Waals surface area contributed by atoms with Gasteiger partial charge in [-0.15, -0.1) is 0 Å². The summed E-state index contributed by atoms with van der Waals surface area (Å²) in [5.41, 5.74) is 1.52. The molecule has 0 heterocycles. The number of aryl methyl sites for hydroxylation is 1. The number of nitrogens with one attached hydrogen (secondary N) is 1. The minimum Gasteiger partial charge on any atom is -0.497 e. The van der Waals surface area contributed by atoms with E-state index in [1.54, 1.807) is 14.2 Å². The lowest BCUT2D eigenvalue weighted by atomic mass is 9.83. The van der Waals surface area contributed by atoms with Crippen molar-refractivity contribution in [1.82, 2.24) is 5.32 Å². The second kappa shape index (κ2) is 8.28. The van der Waals surface area contributed by atoms with Crippen LogP contribution in [0.1, 0.15) is 46.1 Å². The highest BCUT2D eigenvalue weighted by atomic mass is 16.5. The van der Waals surface area contributed by atoms with Crippen LogP contribution < -0.4 is 14.8 Å². The van der Waals surface area contributed by atoms with E-state index >= 15 is 0 Å². The molecular weight excluding hydrogens is 262 g/mol. The summed E-state index contributed by atoms with van der Waals surface area (Å²) in [5, 5.41) is 3.67. The molecule has 0 saturated carbocycles. The molecule has 1 rings (SSSR count). The quantitative estimate of drug-likeness (QED) is 0.784. The minimum absolute atomic E-state index is 0.262. The van der Waals surface area contributed by atoms with Crippen LogP contribution in [0.5, 0.6) is 11.5 Å². The Kier molecular flexibility index (Phi) is 7.03. The molecule has 0 aromatic heterocycles. The second-order valence-electron chi connectivity index (χ2n) is 6.63. The van der Waals surface area contributed by atoms with Gasteiger partial charge in [-0.1, -0.05) is 27.7 Å². The van der Waals surface area contributed by atoms with E-state index in [1.807, 2.05) is 6.07 Å². The number of methoxy groups -OCH3 is 2. The van der Waals surface area contributed by atoms with Gasteiger partial charge >= 0.3 is 0 Å². The van der Waals surface area contributed by atoms with Gasteiger partial charge in [0.15, 0.2) is 0 Å². The van der Waals surface area contributed by atoms with Gasteiger partial charge in [-0.25, -0.2) is 0 Å². The van der Waals surface area contributed by atoms with Gasteiger partial charge in [0.2, 0.25) is 0 Å². The molecule has 1 N–H and O–H groups in total. The molecule has 0 radical (unpaired) electrons. The Hall–Kier alpha value is -1.22. The van der Waals surface area contributed by atoms with E-state index in [9.17, 15) is 0 Å². The van der Waals surface area contributed by atoms with Crippen molar-refractivity contribution in [1.29, 1.82) is 0 Å². The molecule has 3 nitrogen and oxygen atoms in total. The maximum Gasteiger partial charge on any atom is 0.122 e. The van der Waals surface area contributed by atoms with Crippen LogP contribution in [0.3, 0.4) is 0 Å². The smallest absolute Gasteiger partial charge is 0.122 e. The summed E-state index contributed by atoms with van der Waals surface area (Å²) >= 11 is 0. The number of rotatable bonds is 8. The molecule has 3 heteroatoms. The summed E-state index contributed by atoms with van der Waals surface area (Å²) in [4.78, 5) is 0. The first-order valence-corrected chi connectivity index (χ1v) is 7.86. The first kappa shape index (κ1) is 17.8. The van der Waals surface area contributed by atoms with Gasteiger partial charge in [-0.3, -0.25) is 0 Å². The first-order valence-electron chi connectivity index (χ1n) is 7.86. The molecule has 1 aromatic carbocycles. The van der Waals surface area contributed by atoms with Crippen LogP contribution in [0.25, 0.3) is 0 Å². The fourth-order valence-corrected chi connectivity index (χ4v) is 2.48. The number of ether oxygens (including phenoxy) is 2. The summed E-state index contributed by atoms with van der Waals surface area (Å²) in [7, 11) is 3.39. The lowest BCUT2D eigenvalue weighted by Gasteiger charge is -2.32. The predicted molar refractivity (Wildman–Crippen MR) is 89.4 cm³/mol. The number of benzene rings is 1. The molecule has 1 unspecified atom stereocenters. The van der Waals surface area contributed by atoms with E-state index in [-0.39, 0.29) is 5.41 Å². The topological polar surface area (TPSA) is 30.5 Å². The molecule has 120 valence electrons. The Balaban J connectivity index is 2.74. The zero-order chi connectivity index (χ0) is 15.9. The second-order valence-corrected chi connectivity index (χ2v) is 6.63. The fourth-order valence-electron chi connectivity index (χ4n) is 2.48. The molecule has 0 amide bonds. The Labute approximate surface area is 130 Å². The van der Waals surface area contributed by atoms with Gasteiger partial charge in [0.1, 0.15) is 11.5 Å². The Morgan fingerprint density at radius 2 is 1.62 bits per heavy atom. The van der Waals surface area contributed by atoms with E-state index in [2.05, 4.69) is 45.1 Å². The summed E-state index contributed by atoms with van der Waals surface area (Å²) in [6.07, 6.45) is 3.30. The molecule has 0 aliphatic rings. The Morgan fingerprint density at radius 1 is 1.05 bits per heavy atom. The molecule has 0 saturated heterocycles. The van der Waals surface area contributed by atoms with E-state index in [0.29, 0.717) is 6.04 Å². The van der Waals surface area contributed by atoms with Gasteiger partial charge in [0, 0.05) is 12.1 Å². The van der Waals surface area contributed by atoms with E-state index in [0.717, 1.165) is 30.9 Å². The van der Waals surface area contributed by atoms with Crippen molar-refractivity contribution in [3.8, 4) is 11.5 Å². The molecule has 0 aliphatic heterocycles. The van der Waals surface area contributed by atoms with Crippen LogP contribution in [0.2, 0.25) is 0 Å². The van der Waals surface area contributed by atoms with Crippen molar-refractivity contribution in [2.45, 2.75) is 53.0 Å². The number of hydrogen-bond donors (Lipinski definition) is 1. The van der Waals surface area contributed by atoms with Crippen LogP contribution in [0.15, 0.2) is 18.2 Å². The van der Waals surface area contributed by atoms with E-state index in [1.165, 1.54) is 12.0 Å². The third kappa shape index (κ3) is 5.96. The van der Waals surface area contributed by atoms with Crippen molar-refractivity contribution in [3.63, 3.8) is 0 Å². The summed E-state index contributed by atoms with van der Waals surface area (Å²) in [6, 6.07) is 6.62. The molecule has 0 bridgehead atoms. The average Bonchev–Trinajstić information content (AvgIpc) is 2.45. The minimum atomic E-state index is 0.262. The fraction of sp³-hybridized carbons (Fsp3) is 0.667. The average molecular weight is 293 g/mol. The third-order valence-electron chi connectivity index (χ3n) is 3.82. The summed E-state index contributed by atoms with van der Waals surface area (Å²) in [5.74, 6) is 1.72. The van der Waals surface area contributed by atoms with Crippen LogP contribution in [0.4, 0.5) is 0 Å². The third-order valence-corrected chi connectivity index (χ3v) is 3.82. The molecule has 21 heavy (non-hydrogen) atoms. The molecule has 0 aliphatic carbocycles. The largest absolute Gasteiger partial charge is 0.497 e. The lowest BCUT2D eigenvalue weighted by Crippen LogP contribution is -2.41. The highest BCUT2D eigenvalue weighted by Crippen LogP contribution is 2.27. The summed E-state index contributed by atoms with van der Waals surface area (Å²) < 4.78 is 10.7. The van der Waals surface area contributed by atoms with E-state index in [4.69, 9.17) is 9.47 Å². The maximum atomic E-state index is 5.34. The molecule has 0 spiro atoms. The normalized spacial score (nSPS) is 13.0. The van der Waals surface area contributed by atoms with Gasteiger partial charge in [0.25, 0.3) is 0 Å². The van der Waals surface area contributed by atoms with Crippen molar-refractivity contribution < 1.29 is 9.47 Å². The van der Waals surface area contributed by atoms with Crippen LogP contribution >= 0.6 is 0 Å². The zero-order valence-electron chi connectivity index (χ0n) is 14.5. The van der Waals surface area contributed by atoms with Crippen molar-refractivity contribution >= 4 is 0 Å². The Bertz CT molecular complexity index is 401. The first-order chi connectivity index (χ1) is 9.90. The summed E-state index contributed by atoms with van der Waals surface area (Å²) in [6.45, 7) is 10.2. The van der Waals surface area contributed by atoms with Crippen molar-refractivity contribution in [2.24, 2.45) is 5.41 Å². The van der Waals surface area contributed by atoms with Gasteiger partial charge in [-0.2, -0.15) is 0 Å². The lowest BCUT2D eigenvalue weighted by molar-refractivity contribution is 0.255. The molecule has 0 fully saturated rings. The van der Waals surface area contributed by atoms with Crippen molar-refractivity contribution in [2.75, 3.05) is 20.8 Å². The highest BCUT2D eigenvalue weighted by molar-refractivity contribution is 5.38. The highest BCUT2D eigenvalue weighted by Gasteiger charge is 2.23.